The van der Waals surface area contributed by atoms with Crippen LogP contribution in [0.15, 0.2) is 18.2 Å². The van der Waals surface area contributed by atoms with Crippen molar-refractivity contribution in [1.82, 2.24) is 10.2 Å². The highest BCUT2D eigenvalue weighted by Crippen LogP contribution is 2.14. The van der Waals surface area contributed by atoms with E-state index in [2.05, 4.69) is 10.6 Å². The van der Waals surface area contributed by atoms with Gasteiger partial charge in [-0.05, 0) is 31.5 Å². The van der Waals surface area contributed by atoms with E-state index in [0.717, 1.165) is 37.6 Å². The molecule has 0 aliphatic carbocycles. The number of hydrogen-bond donors (Lipinski definition) is 2. The third-order valence-electron chi connectivity index (χ3n) is 3.55. The molecule has 2 amide bonds. The average molecular weight is 348 g/mol. The molecule has 0 aromatic heterocycles. The number of nitrogens with zero attached hydrogens (tertiary/aromatic N) is 1. The van der Waals surface area contributed by atoms with Crippen molar-refractivity contribution in [3.63, 3.8) is 0 Å². The number of rotatable bonds is 4. The Morgan fingerprint density at radius 1 is 1.30 bits per heavy atom. The second-order valence-corrected chi connectivity index (χ2v) is 5.44. The van der Waals surface area contributed by atoms with Gasteiger partial charge in [-0.15, -0.1) is 12.4 Å². The fourth-order valence-electron chi connectivity index (χ4n) is 2.49. The van der Waals surface area contributed by atoms with Crippen molar-refractivity contribution >= 4 is 29.9 Å². The number of amides is 2. The Kier molecular flexibility index (Phi) is 7.38. The average Bonchev–Trinajstić information content (AvgIpc) is 2.46. The van der Waals surface area contributed by atoms with Crippen LogP contribution < -0.4 is 10.6 Å². The lowest BCUT2D eigenvalue weighted by Crippen LogP contribution is -2.43. The third-order valence-corrected chi connectivity index (χ3v) is 3.55. The fourth-order valence-corrected chi connectivity index (χ4v) is 2.49. The molecule has 1 aliphatic heterocycles. The van der Waals surface area contributed by atoms with E-state index < -0.39 is 17.5 Å². The van der Waals surface area contributed by atoms with E-state index in [1.807, 2.05) is 0 Å². The first-order chi connectivity index (χ1) is 10.5. The molecule has 2 N–H and O–H groups in total. The van der Waals surface area contributed by atoms with Crippen molar-refractivity contribution in [2.45, 2.75) is 12.8 Å². The van der Waals surface area contributed by atoms with E-state index in [1.54, 1.807) is 7.05 Å². The molecule has 0 radical (unpaired) electrons. The number of piperidine rings is 1. The number of likely N-dealkylation sites (N-methyl/N-ethyl adjacent to an activating group) is 1. The van der Waals surface area contributed by atoms with E-state index in [9.17, 15) is 18.4 Å². The molecule has 1 fully saturated rings. The Bertz CT molecular complexity index is 545. The topological polar surface area (TPSA) is 61.4 Å². The molecule has 1 heterocycles. The van der Waals surface area contributed by atoms with Crippen molar-refractivity contribution in [3.05, 3.63) is 29.8 Å². The quantitative estimate of drug-likeness (QED) is 0.873. The summed E-state index contributed by atoms with van der Waals surface area (Å²) in [6.45, 7) is 1.35. The molecule has 0 spiro atoms. The largest absolute Gasteiger partial charge is 0.336 e. The summed E-state index contributed by atoms with van der Waals surface area (Å²) in [4.78, 5) is 25.4. The third kappa shape index (κ3) is 5.76. The van der Waals surface area contributed by atoms with E-state index in [1.165, 1.54) is 4.90 Å². The molecule has 1 aromatic carbocycles. The van der Waals surface area contributed by atoms with Crippen LogP contribution in [0, 0.1) is 17.6 Å². The van der Waals surface area contributed by atoms with E-state index in [4.69, 9.17) is 0 Å². The predicted molar refractivity (Wildman–Crippen MR) is 85.5 cm³/mol. The highest BCUT2D eigenvalue weighted by atomic mass is 35.5. The highest BCUT2D eigenvalue weighted by Gasteiger charge is 2.24. The van der Waals surface area contributed by atoms with Crippen molar-refractivity contribution in [1.29, 1.82) is 0 Å². The predicted octanol–water partition coefficient (Wildman–Crippen LogP) is 1.78. The minimum absolute atomic E-state index is 0. The van der Waals surface area contributed by atoms with Crippen LogP contribution in [-0.4, -0.2) is 43.4 Å². The summed E-state index contributed by atoms with van der Waals surface area (Å²) in [6.07, 6.45) is 1.73. The first-order valence-electron chi connectivity index (χ1n) is 7.17. The molecule has 2 rings (SSSR count). The maximum atomic E-state index is 13.0. The zero-order chi connectivity index (χ0) is 16.1. The Hall–Kier alpha value is -1.73. The van der Waals surface area contributed by atoms with Crippen LogP contribution in [0.4, 0.5) is 14.5 Å². The van der Waals surface area contributed by atoms with Crippen LogP contribution in [0.1, 0.15) is 12.8 Å². The maximum Gasteiger partial charge on any atom is 0.243 e. The summed E-state index contributed by atoms with van der Waals surface area (Å²) in [5.74, 6) is -2.27. The monoisotopic (exact) mass is 347 g/mol. The maximum absolute atomic E-state index is 13.0. The van der Waals surface area contributed by atoms with Gasteiger partial charge in [0.15, 0.2) is 0 Å². The number of benzene rings is 1. The number of carbonyl (C=O) groups is 2. The van der Waals surface area contributed by atoms with E-state index in [0.29, 0.717) is 6.54 Å². The van der Waals surface area contributed by atoms with Gasteiger partial charge in [-0.1, -0.05) is 0 Å². The normalized spacial score (nSPS) is 17.1. The smallest absolute Gasteiger partial charge is 0.243 e. The Morgan fingerprint density at radius 2 is 1.96 bits per heavy atom. The molecule has 1 unspecified atom stereocenters. The van der Waals surface area contributed by atoms with E-state index >= 15 is 0 Å². The summed E-state index contributed by atoms with van der Waals surface area (Å²) >= 11 is 0. The summed E-state index contributed by atoms with van der Waals surface area (Å²) in [7, 11) is 1.54. The van der Waals surface area contributed by atoms with Crippen LogP contribution in [-0.2, 0) is 9.59 Å². The Morgan fingerprint density at radius 3 is 2.52 bits per heavy atom. The minimum Gasteiger partial charge on any atom is -0.336 e. The zero-order valence-electron chi connectivity index (χ0n) is 12.8. The van der Waals surface area contributed by atoms with Crippen LogP contribution in [0.25, 0.3) is 0 Å². The number of halogens is 3. The second kappa shape index (κ2) is 8.79. The second-order valence-electron chi connectivity index (χ2n) is 5.44. The first kappa shape index (κ1) is 19.3. The lowest BCUT2D eigenvalue weighted by Gasteiger charge is -2.26. The van der Waals surface area contributed by atoms with Crippen LogP contribution in [0.5, 0.6) is 0 Å². The lowest BCUT2D eigenvalue weighted by molar-refractivity contribution is -0.137. The molecule has 0 saturated carbocycles. The van der Waals surface area contributed by atoms with Crippen molar-refractivity contribution in [2.24, 2.45) is 5.92 Å². The first-order valence-corrected chi connectivity index (χ1v) is 7.17. The molecule has 5 nitrogen and oxygen atoms in total. The molecular formula is C15H20ClF2N3O2. The van der Waals surface area contributed by atoms with Gasteiger partial charge in [-0.3, -0.25) is 9.59 Å². The number of anilines is 1. The zero-order valence-corrected chi connectivity index (χ0v) is 13.6. The van der Waals surface area contributed by atoms with Gasteiger partial charge in [0, 0.05) is 25.3 Å². The van der Waals surface area contributed by atoms with Gasteiger partial charge >= 0.3 is 0 Å². The van der Waals surface area contributed by atoms with E-state index in [-0.39, 0.29) is 36.5 Å². The van der Waals surface area contributed by atoms with Crippen molar-refractivity contribution in [2.75, 3.05) is 32.0 Å². The van der Waals surface area contributed by atoms with Crippen LogP contribution in [0.2, 0.25) is 0 Å². The van der Waals surface area contributed by atoms with Crippen LogP contribution >= 0.6 is 12.4 Å². The van der Waals surface area contributed by atoms with Gasteiger partial charge < -0.3 is 15.5 Å². The SMILES string of the molecule is CN(CC(=O)Nc1cc(F)cc(F)c1)C(=O)C1CCCNC1.Cl. The molecule has 8 heteroatoms. The molecule has 1 aliphatic rings. The van der Waals surface area contributed by atoms with Crippen molar-refractivity contribution < 1.29 is 18.4 Å². The van der Waals surface area contributed by atoms with Gasteiger partial charge in [0.25, 0.3) is 0 Å². The standard InChI is InChI=1S/C15H19F2N3O2.ClH/c1-20(15(22)10-3-2-4-18-8-10)9-14(21)19-13-6-11(16)5-12(17)7-13;/h5-7,10,18H,2-4,8-9H2,1H3,(H,19,21);1H. The minimum atomic E-state index is -0.770. The summed E-state index contributed by atoms with van der Waals surface area (Å²) in [5, 5.41) is 5.53. The highest BCUT2D eigenvalue weighted by molar-refractivity contribution is 5.94. The van der Waals surface area contributed by atoms with Gasteiger partial charge in [0.1, 0.15) is 11.6 Å². The lowest BCUT2D eigenvalue weighted by atomic mass is 9.98. The number of carbonyl (C=O) groups excluding carboxylic acids is 2. The number of hydrogen-bond acceptors (Lipinski definition) is 3. The van der Waals surface area contributed by atoms with Crippen LogP contribution in [0.3, 0.4) is 0 Å². The Balaban J connectivity index is 0.00000264. The molecule has 1 atom stereocenters. The van der Waals surface area contributed by atoms with Gasteiger partial charge in [-0.25, -0.2) is 8.78 Å². The molecule has 0 bridgehead atoms. The summed E-state index contributed by atoms with van der Waals surface area (Å²) < 4.78 is 26.1. The fraction of sp³-hybridized carbons (Fsp3) is 0.467. The van der Waals surface area contributed by atoms with Gasteiger partial charge in [0.05, 0.1) is 12.5 Å². The number of nitrogens with one attached hydrogen (secondary N) is 2. The molecule has 23 heavy (non-hydrogen) atoms. The summed E-state index contributed by atoms with van der Waals surface area (Å²) in [6, 6.07) is 2.77. The summed E-state index contributed by atoms with van der Waals surface area (Å²) in [5.41, 5.74) is 0.0303. The molecule has 1 aromatic rings. The molecule has 1 saturated heterocycles. The molecule has 128 valence electrons. The molecular weight excluding hydrogens is 328 g/mol. The van der Waals surface area contributed by atoms with Gasteiger partial charge in [-0.2, -0.15) is 0 Å². The van der Waals surface area contributed by atoms with Gasteiger partial charge in [0.2, 0.25) is 11.8 Å². The van der Waals surface area contributed by atoms with Crippen molar-refractivity contribution in [3.8, 4) is 0 Å². The Labute approximate surface area is 139 Å².